The van der Waals surface area contributed by atoms with Crippen molar-refractivity contribution >= 4 is 11.8 Å². The van der Waals surface area contributed by atoms with Crippen molar-refractivity contribution in [3.8, 4) is 0 Å². The molecule has 1 aromatic rings. The van der Waals surface area contributed by atoms with E-state index in [-0.39, 0.29) is 5.56 Å². The molecule has 7 heteroatoms. The number of nitrogens with one attached hydrogen (secondary N) is 1. The van der Waals surface area contributed by atoms with Gasteiger partial charge in [-0.05, 0) is 26.0 Å². The Bertz CT molecular complexity index is 461. The molecule has 0 bridgehead atoms. The van der Waals surface area contributed by atoms with Gasteiger partial charge in [-0.1, -0.05) is 0 Å². The lowest BCUT2D eigenvalue weighted by Gasteiger charge is -2.17. The fourth-order valence-corrected chi connectivity index (χ4v) is 1.62. The predicted octanol–water partition coefficient (Wildman–Crippen LogP) is 2.93. The van der Waals surface area contributed by atoms with Crippen molar-refractivity contribution in [2.24, 2.45) is 0 Å². The quantitative estimate of drug-likeness (QED) is 0.859. The van der Waals surface area contributed by atoms with Crippen LogP contribution in [0.4, 0.5) is 19.0 Å². The van der Waals surface area contributed by atoms with Crippen LogP contribution in [0, 0.1) is 6.92 Å². The Balaban J connectivity index is 2.76. The van der Waals surface area contributed by atoms with Gasteiger partial charge in [0.15, 0.2) is 0 Å². The van der Waals surface area contributed by atoms with E-state index in [0.29, 0.717) is 11.5 Å². The number of halogens is 3. The molecular formula is C12H15F3N2O2. The van der Waals surface area contributed by atoms with Crippen molar-refractivity contribution < 1.29 is 22.7 Å². The van der Waals surface area contributed by atoms with Gasteiger partial charge in [0.2, 0.25) is 0 Å². The van der Waals surface area contributed by atoms with Gasteiger partial charge in [-0.2, -0.15) is 13.2 Å². The molecule has 0 aliphatic carbocycles. The average molecular weight is 276 g/mol. The molecule has 0 aromatic carbocycles. The van der Waals surface area contributed by atoms with Crippen molar-refractivity contribution in [1.82, 2.24) is 4.98 Å². The van der Waals surface area contributed by atoms with E-state index in [1.807, 2.05) is 0 Å². The normalized spacial score (nSPS) is 12.9. The van der Waals surface area contributed by atoms with Gasteiger partial charge in [-0.15, -0.1) is 0 Å². The molecule has 106 valence electrons. The molecule has 1 atom stereocenters. The second-order valence-electron chi connectivity index (χ2n) is 4.19. The lowest BCUT2D eigenvalue weighted by atomic mass is 10.2. The molecule has 0 fully saturated rings. The summed E-state index contributed by atoms with van der Waals surface area (Å²) in [6, 6.07) is 2.12. The molecule has 4 nitrogen and oxygen atoms in total. The van der Waals surface area contributed by atoms with Gasteiger partial charge in [0.25, 0.3) is 0 Å². The molecule has 1 aromatic heterocycles. The van der Waals surface area contributed by atoms with Gasteiger partial charge in [-0.25, -0.2) is 9.78 Å². The largest absolute Gasteiger partial charge is 0.465 e. The summed E-state index contributed by atoms with van der Waals surface area (Å²) in [4.78, 5) is 15.4. The van der Waals surface area contributed by atoms with Gasteiger partial charge in [0.05, 0.1) is 24.8 Å². The third kappa shape index (κ3) is 4.76. The number of methoxy groups -OCH3 is 1. The topological polar surface area (TPSA) is 51.2 Å². The molecule has 0 saturated heterocycles. The summed E-state index contributed by atoms with van der Waals surface area (Å²) in [5, 5.41) is 2.64. The van der Waals surface area contributed by atoms with E-state index in [9.17, 15) is 18.0 Å². The maximum absolute atomic E-state index is 12.2. The van der Waals surface area contributed by atoms with Gasteiger partial charge in [0, 0.05) is 6.04 Å². The molecule has 1 rings (SSSR count). The van der Waals surface area contributed by atoms with Gasteiger partial charge in [0.1, 0.15) is 5.82 Å². The Morgan fingerprint density at radius 1 is 1.47 bits per heavy atom. The summed E-state index contributed by atoms with van der Waals surface area (Å²) >= 11 is 0. The number of anilines is 1. The number of rotatable bonds is 4. The van der Waals surface area contributed by atoms with Crippen LogP contribution < -0.4 is 5.32 Å². The molecule has 0 aliphatic rings. The van der Waals surface area contributed by atoms with Crippen LogP contribution in [0.2, 0.25) is 0 Å². The van der Waals surface area contributed by atoms with Crippen LogP contribution in [-0.2, 0) is 4.74 Å². The lowest BCUT2D eigenvalue weighted by molar-refractivity contribution is -0.136. The van der Waals surface area contributed by atoms with E-state index in [1.165, 1.54) is 26.2 Å². The Hall–Kier alpha value is -1.79. The SMILES string of the molecule is COC(=O)c1ccc(NC(C)CC(F)(F)F)nc1C. The second-order valence-corrected chi connectivity index (χ2v) is 4.19. The van der Waals surface area contributed by atoms with Crippen LogP contribution in [0.3, 0.4) is 0 Å². The highest BCUT2D eigenvalue weighted by atomic mass is 19.4. The van der Waals surface area contributed by atoms with Crippen LogP contribution in [0.15, 0.2) is 12.1 Å². The van der Waals surface area contributed by atoms with Gasteiger partial charge < -0.3 is 10.1 Å². The van der Waals surface area contributed by atoms with Crippen LogP contribution in [-0.4, -0.2) is 30.3 Å². The van der Waals surface area contributed by atoms with E-state index in [4.69, 9.17) is 0 Å². The smallest absolute Gasteiger partial charge is 0.391 e. The zero-order chi connectivity index (χ0) is 14.6. The van der Waals surface area contributed by atoms with E-state index in [1.54, 1.807) is 6.92 Å². The van der Waals surface area contributed by atoms with E-state index in [2.05, 4.69) is 15.0 Å². The lowest BCUT2D eigenvalue weighted by Crippen LogP contribution is -2.24. The summed E-state index contributed by atoms with van der Waals surface area (Å²) in [5.41, 5.74) is 0.688. The predicted molar refractivity (Wildman–Crippen MR) is 64.1 cm³/mol. The number of hydrogen-bond acceptors (Lipinski definition) is 4. The fraction of sp³-hybridized carbons (Fsp3) is 0.500. The number of carbonyl (C=O) groups is 1. The highest BCUT2D eigenvalue weighted by molar-refractivity contribution is 5.90. The Labute approximate surface area is 109 Å². The molecule has 0 aliphatic heterocycles. The molecule has 0 radical (unpaired) electrons. The minimum atomic E-state index is -4.23. The second kappa shape index (κ2) is 5.90. The van der Waals surface area contributed by atoms with Crippen LogP contribution in [0.1, 0.15) is 29.4 Å². The average Bonchev–Trinajstić information content (AvgIpc) is 2.25. The number of esters is 1. The maximum Gasteiger partial charge on any atom is 0.391 e. The number of ether oxygens (including phenoxy) is 1. The minimum absolute atomic E-state index is 0.288. The monoisotopic (exact) mass is 276 g/mol. The van der Waals surface area contributed by atoms with Gasteiger partial charge >= 0.3 is 12.1 Å². The van der Waals surface area contributed by atoms with Gasteiger partial charge in [-0.3, -0.25) is 0 Å². The summed E-state index contributed by atoms with van der Waals surface area (Å²) in [6.07, 6.45) is -5.18. The molecule has 1 N–H and O–H groups in total. The summed E-state index contributed by atoms with van der Waals surface area (Å²) in [6.45, 7) is 3.00. The van der Waals surface area contributed by atoms with Crippen molar-refractivity contribution in [3.63, 3.8) is 0 Å². The highest BCUT2D eigenvalue weighted by Crippen LogP contribution is 2.23. The number of alkyl halides is 3. The Morgan fingerprint density at radius 2 is 2.11 bits per heavy atom. The summed E-state index contributed by atoms with van der Waals surface area (Å²) < 4.78 is 41.1. The number of carbonyl (C=O) groups excluding carboxylic acids is 1. The zero-order valence-corrected chi connectivity index (χ0v) is 10.8. The molecule has 1 heterocycles. The van der Waals surface area contributed by atoms with Crippen LogP contribution in [0.25, 0.3) is 0 Å². The minimum Gasteiger partial charge on any atom is -0.465 e. The number of aryl methyl sites for hydroxylation is 1. The first-order valence-corrected chi connectivity index (χ1v) is 5.62. The molecular weight excluding hydrogens is 261 g/mol. The van der Waals surface area contributed by atoms with E-state index < -0.39 is 24.6 Å². The highest BCUT2D eigenvalue weighted by Gasteiger charge is 2.30. The molecule has 1 unspecified atom stereocenters. The first-order valence-electron chi connectivity index (χ1n) is 5.62. The van der Waals surface area contributed by atoms with Crippen LogP contribution >= 0.6 is 0 Å². The fourth-order valence-electron chi connectivity index (χ4n) is 1.62. The van der Waals surface area contributed by atoms with Crippen molar-refractivity contribution in [2.75, 3.05) is 12.4 Å². The molecule has 19 heavy (non-hydrogen) atoms. The standard InChI is InChI=1S/C12H15F3N2O2/c1-7(6-12(13,14)15)16-10-5-4-9(8(2)17-10)11(18)19-3/h4-5,7H,6H2,1-3H3,(H,16,17). The Morgan fingerprint density at radius 3 is 2.58 bits per heavy atom. The van der Waals surface area contributed by atoms with E-state index in [0.717, 1.165) is 0 Å². The number of aromatic nitrogens is 1. The van der Waals surface area contributed by atoms with Crippen LogP contribution in [0.5, 0.6) is 0 Å². The third-order valence-corrected chi connectivity index (χ3v) is 2.42. The van der Waals surface area contributed by atoms with Crippen molar-refractivity contribution in [1.29, 1.82) is 0 Å². The van der Waals surface area contributed by atoms with Crippen molar-refractivity contribution in [2.45, 2.75) is 32.5 Å². The molecule has 0 spiro atoms. The van der Waals surface area contributed by atoms with Crippen molar-refractivity contribution in [3.05, 3.63) is 23.4 Å². The van der Waals surface area contributed by atoms with E-state index >= 15 is 0 Å². The third-order valence-electron chi connectivity index (χ3n) is 2.42. The number of nitrogens with zero attached hydrogens (tertiary/aromatic N) is 1. The molecule has 0 amide bonds. The Kier molecular flexibility index (Phi) is 4.74. The first-order chi connectivity index (χ1) is 8.73. The summed E-state index contributed by atoms with van der Waals surface area (Å²) in [7, 11) is 1.25. The maximum atomic E-state index is 12.2. The molecule has 0 saturated carbocycles. The summed E-state index contributed by atoms with van der Waals surface area (Å²) in [5.74, 6) is -0.234. The number of hydrogen-bond donors (Lipinski definition) is 1. The first kappa shape index (κ1) is 15.3. The zero-order valence-electron chi connectivity index (χ0n) is 10.8. The number of pyridine rings is 1.